The number of aromatic nitrogens is 1. The molecule has 5 heteroatoms. The molecule has 2 heterocycles. The molecule has 24 heavy (non-hydrogen) atoms. The zero-order chi connectivity index (χ0) is 16.9. The lowest BCUT2D eigenvalue weighted by molar-refractivity contribution is 0.0692. The second-order valence-corrected chi connectivity index (χ2v) is 7.63. The van der Waals surface area contributed by atoms with Crippen LogP contribution in [0, 0.1) is 12.8 Å². The topological polar surface area (TPSA) is 45.6 Å². The maximum Gasteiger partial charge on any atom is 0.140 e. The Morgan fingerprint density at radius 3 is 2.67 bits per heavy atom. The van der Waals surface area contributed by atoms with E-state index < -0.39 is 0 Å². The Kier molecular flexibility index (Phi) is 5.87. The molecule has 130 valence electrons. The minimum absolute atomic E-state index is 0.183. The van der Waals surface area contributed by atoms with Crippen LogP contribution in [0.2, 0.25) is 0 Å². The van der Waals surface area contributed by atoms with Gasteiger partial charge in [-0.15, -0.1) is 11.3 Å². The molecule has 1 aliphatic rings. The summed E-state index contributed by atoms with van der Waals surface area (Å²) in [5.74, 6) is 1.34. The molecule has 0 aliphatic carbocycles. The molecular formula is C19H26N2O2S. The van der Waals surface area contributed by atoms with Crippen molar-refractivity contribution in [3.05, 3.63) is 45.9 Å². The van der Waals surface area contributed by atoms with E-state index in [1.165, 1.54) is 5.56 Å². The van der Waals surface area contributed by atoms with Gasteiger partial charge in [0.05, 0.1) is 11.8 Å². The molecule has 0 bridgehead atoms. The number of aryl methyl sites for hydroxylation is 1. The molecule has 0 radical (unpaired) electrons. The van der Waals surface area contributed by atoms with Crippen molar-refractivity contribution in [3.8, 4) is 5.75 Å². The van der Waals surface area contributed by atoms with Crippen molar-refractivity contribution in [3.63, 3.8) is 0 Å². The summed E-state index contributed by atoms with van der Waals surface area (Å²) in [4.78, 5) is 7.12. The third-order valence-corrected chi connectivity index (χ3v) is 5.55. The lowest BCUT2D eigenvalue weighted by atomic mass is 9.92. The number of likely N-dealkylation sites (tertiary alicyclic amines) is 1. The summed E-state index contributed by atoms with van der Waals surface area (Å²) in [6.07, 6.45) is 1.97. The fraction of sp³-hybridized carbons (Fsp3) is 0.526. The fourth-order valence-corrected chi connectivity index (χ4v) is 3.79. The molecule has 1 unspecified atom stereocenters. The van der Waals surface area contributed by atoms with Crippen molar-refractivity contribution in [2.45, 2.75) is 45.9 Å². The molecule has 2 aromatic rings. The number of nitrogens with zero attached hydrogens (tertiary/aromatic N) is 2. The largest absolute Gasteiger partial charge is 0.486 e. The number of aliphatic hydroxyl groups excluding tert-OH is 1. The summed E-state index contributed by atoms with van der Waals surface area (Å²) in [6.45, 7) is 7.48. The Hall–Kier alpha value is -1.43. The van der Waals surface area contributed by atoms with E-state index in [2.05, 4.69) is 29.3 Å². The van der Waals surface area contributed by atoms with E-state index in [0.717, 1.165) is 48.9 Å². The zero-order valence-corrected chi connectivity index (χ0v) is 15.3. The van der Waals surface area contributed by atoms with Gasteiger partial charge in [0.1, 0.15) is 17.4 Å². The fourth-order valence-electron chi connectivity index (χ4n) is 3.09. The Labute approximate surface area is 148 Å². The first-order chi connectivity index (χ1) is 11.6. The molecule has 0 saturated carbocycles. The molecule has 1 aliphatic heterocycles. The third kappa shape index (κ3) is 4.79. The normalized spacial score (nSPS) is 17.8. The Bertz CT molecular complexity index is 631. The van der Waals surface area contributed by atoms with Gasteiger partial charge in [0.2, 0.25) is 0 Å². The second kappa shape index (κ2) is 8.10. The summed E-state index contributed by atoms with van der Waals surface area (Å²) in [5.41, 5.74) is 2.36. The zero-order valence-electron chi connectivity index (χ0n) is 14.4. The summed E-state index contributed by atoms with van der Waals surface area (Å²) in [7, 11) is 0. The van der Waals surface area contributed by atoms with Gasteiger partial charge in [-0.05, 0) is 57.8 Å². The van der Waals surface area contributed by atoms with Crippen LogP contribution in [0.15, 0.2) is 29.6 Å². The maximum atomic E-state index is 9.68. The quantitative estimate of drug-likeness (QED) is 0.868. The van der Waals surface area contributed by atoms with E-state index in [4.69, 9.17) is 9.72 Å². The minimum atomic E-state index is -0.183. The predicted octanol–water partition coefficient (Wildman–Crippen LogP) is 3.62. The van der Waals surface area contributed by atoms with Crippen LogP contribution in [0.25, 0.3) is 0 Å². The number of aliphatic hydroxyl groups is 1. The Morgan fingerprint density at radius 1 is 1.29 bits per heavy atom. The minimum Gasteiger partial charge on any atom is -0.486 e. The first kappa shape index (κ1) is 17.4. The van der Waals surface area contributed by atoms with Crippen molar-refractivity contribution in [2.75, 3.05) is 13.1 Å². The first-order valence-corrected chi connectivity index (χ1v) is 9.51. The average Bonchev–Trinajstić information content (AvgIpc) is 3.02. The number of benzene rings is 1. The lowest BCUT2D eigenvalue weighted by Gasteiger charge is -2.32. The molecule has 1 saturated heterocycles. The van der Waals surface area contributed by atoms with Gasteiger partial charge >= 0.3 is 0 Å². The molecule has 0 amide bonds. The van der Waals surface area contributed by atoms with Crippen LogP contribution in [0.4, 0.5) is 0 Å². The van der Waals surface area contributed by atoms with Crippen LogP contribution in [-0.2, 0) is 13.2 Å². The highest BCUT2D eigenvalue weighted by Gasteiger charge is 2.22. The standard InChI is InChI=1S/C19H26N2O2S/c1-14-3-5-18(6-4-14)23-12-19-20-17(13-24-19)11-21-9-7-16(8-10-21)15(2)22/h3-6,13,15-16,22H,7-12H2,1-2H3. The van der Waals surface area contributed by atoms with Crippen molar-refractivity contribution >= 4 is 11.3 Å². The highest BCUT2D eigenvalue weighted by molar-refractivity contribution is 7.09. The monoisotopic (exact) mass is 346 g/mol. The summed E-state index contributed by atoms with van der Waals surface area (Å²) in [6, 6.07) is 8.10. The summed E-state index contributed by atoms with van der Waals surface area (Å²) in [5, 5.41) is 12.8. The Balaban J connectivity index is 1.46. The average molecular weight is 346 g/mol. The molecule has 1 fully saturated rings. The molecule has 3 rings (SSSR count). The highest BCUT2D eigenvalue weighted by atomic mass is 32.1. The van der Waals surface area contributed by atoms with Gasteiger partial charge in [0.25, 0.3) is 0 Å². The predicted molar refractivity (Wildman–Crippen MR) is 97.3 cm³/mol. The highest BCUT2D eigenvalue weighted by Crippen LogP contribution is 2.22. The van der Waals surface area contributed by atoms with Gasteiger partial charge in [-0.2, -0.15) is 0 Å². The molecule has 1 aromatic heterocycles. The van der Waals surface area contributed by atoms with Crippen LogP contribution < -0.4 is 4.74 Å². The van der Waals surface area contributed by atoms with Crippen molar-refractivity contribution in [2.24, 2.45) is 5.92 Å². The van der Waals surface area contributed by atoms with Crippen LogP contribution in [0.5, 0.6) is 5.75 Å². The van der Waals surface area contributed by atoms with Gasteiger partial charge in [-0.25, -0.2) is 4.98 Å². The third-order valence-electron chi connectivity index (χ3n) is 4.68. The van der Waals surface area contributed by atoms with Gasteiger partial charge in [-0.1, -0.05) is 17.7 Å². The molecular weight excluding hydrogens is 320 g/mol. The molecule has 4 nitrogen and oxygen atoms in total. The van der Waals surface area contributed by atoms with Crippen LogP contribution in [0.3, 0.4) is 0 Å². The van der Waals surface area contributed by atoms with E-state index in [0.29, 0.717) is 12.5 Å². The van der Waals surface area contributed by atoms with Crippen molar-refractivity contribution in [1.82, 2.24) is 9.88 Å². The number of ether oxygens (including phenoxy) is 1. The van der Waals surface area contributed by atoms with Crippen LogP contribution in [-0.4, -0.2) is 34.2 Å². The number of rotatable bonds is 6. The maximum absolute atomic E-state index is 9.68. The van der Waals surface area contributed by atoms with Gasteiger partial charge in [0.15, 0.2) is 0 Å². The number of hydrogen-bond donors (Lipinski definition) is 1. The molecule has 1 N–H and O–H groups in total. The lowest BCUT2D eigenvalue weighted by Crippen LogP contribution is -2.36. The van der Waals surface area contributed by atoms with Gasteiger partial charge in [-0.3, -0.25) is 4.90 Å². The molecule has 1 aromatic carbocycles. The SMILES string of the molecule is Cc1ccc(OCc2nc(CN3CCC(C(C)O)CC3)cs2)cc1. The van der Waals surface area contributed by atoms with Crippen molar-refractivity contribution in [1.29, 1.82) is 0 Å². The number of thiazole rings is 1. The molecule has 1 atom stereocenters. The smallest absolute Gasteiger partial charge is 0.140 e. The summed E-state index contributed by atoms with van der Waals surface area (Å²) < 4.78 is 5.80. The van der Waals surface area contributed by atoms with E-state index in [9.17, 15) is 5.11 Å². The number of piperidine rings is 1. The second-order valence-electron chi connectivity index (χ2n) is 6.69. The van der Waals surface area contributed by atoms with E-state index >= 15 is 0 Å². The number of hydrogen-bond acceptors (Lipinski definition) is 5. The first-order valence-electron chi connectivity index (χ1n) is 8.63. The molecule has 0 spiro atoms. The summed E-state index contributed by atoms with van der Waals surface area (Å²) >= 11 is 1.66. The van der Waals surface area contributed by atoms with E-state index in [1.807, 2.05) is 19.1 Å². The Morgan fingerprint density at radius 2 is 2.00 bits per heavy atom. The van der Waals surface area contributed by atoms with E-state index in [-0.39, 0.29) is 6.10 Å². The van der Waals surface area contributed by atoms with Crippen LogP contribution >= 0.6 is 11.3 Å². The van der Waals surface area contributed by atoms with Gasteiger partial charge < -0.3 is 9.84 Å². The van der Waals surface area contributed by atoms with Crippen LogP contribution in [0.1, 0.15) is 36.0 Å². The van der Waals surface area contributed by atoms with E-state index in [1.54, 1.807) is 11.3 Å². The van der Waals surface area contributed by atoms with Gasteiger partial charge in [0, 0.05) is 11.9 Å². The van der Waals surface area contributed by atoms with Crippen molar-refractivity contribution < 1.29 is 9.84 Å².